The first kappa shape index (κ1) is 13.8. The summed E-state index contributed by atoms with van der Waals surface area (Å²) in [5.74, 6) is -0.0350. The zero-order valence-electron chi connectivity index (χ0n) is 11.0. The molecule has 0 fully saturated rings. The summed E-state index contributed by atoms with van der Waals surface area (Å²) in [4.78, 5) is 18.6. The van der Waals surface area contributed by atoms with Gasteiger partial charge in [0.15, 0.2) is 0 Å². The molecule has 3 nitrogen and oxygen atoms in total. The van der Waals surface area contributed by atoms with Crippen LogP contribution in [0.1, 0.15) is 39.4 Å². The molecule has 104 valence electrons. The van der Waals surface area contributed by atoms with Gasteiger partial charge in [0.25, 0.3) is 5.91 Å². The van der Waals surface area contributed by atoms with E-state index in [0.717, 1.165) is 28.0 Å². The quantitative estimate of drug-likeness (QED) is 0.643. The number of carbonyl (C=O) groups is 1. The Labute approximate surface area is 130 Å². The molecule has 2 aromatic heterocycles. The van der Waals surface area contributed by atoms with Gasteiger partial charge in [0.05, 0.1) is 16.8 Å². The molecule has 20 heavy (non-hydrogen) atoms. The van der Waals surface area contributed by atoms with Crippen LogP contribution < -0.4 is 5.32 Å². The van der Waals surface area contributed by atoms with E-state index < -0.39 is 0 Å². The van der Waals surface area contributed by atoms with E-state index in [9.17, 15) is 4.79 Å². The Bertz CT molecular complexity index is 598. The number of fused-ring (bicyclic) bond motifs is 1. The second-order valence-electron chi connectivity index (χ2n) is 4.94. The van der Waals surface area contributed by atoms with E-state index in [1.54, 1.807) is 17.5 Å². The lowest BCUT2D eigenvalue weighted by Gasteiger charge is -2.02. The van der Waals surface area contributed by atoms with Crippen molar-refractivity contribution in [3.8, 4) is 0 Å². The number of nitrogens with one attached hydrogen (secondary N) is 1. The van der Waals surface area contributed by atoms with Crippen molar-refractivity contribution < 1.29 is 4.79 Å². The number of aryl methyl sites for hydroxylation is 2. The second kappa shape index (κ2) is 6.06. The molecule has 0 radical (unpaired) electrons. The highest BCUT2D eigenvalue weighted by atomic mass is 79.9. The van der Waals surface area contributed by atoms with Gasteiger partial charge in [0.2, 0.25) is 0 Å². The molecule has 1 aliphatic rings. The lowest BCUT2D eigenvalue weighted by atomic mass is 10.1. The number of hydrogen-bond acceptors (Lipinski definition) is 3. The van der Waals surface area contributed by atoms with Crippen LogP contribution in [0.5, 0.6) is 0 Å². The van der Waals surface area contributed by atoms with E-state index >= 15 is 0 Å². The lowest BCUT2D eigenvalue weighted by Crippen LogP contribution is -2.10. The van der Waals surface area contributed by atoms with Crippen LogP contribution in [0.4, 0.5) is 5.69 Å². The third-order valence-electron chi connectivity index (χ3n) is 3.46. The molecule has 1 aliphatic carbocycles. The summed E-state index contributed by atoms with van der Waals surface area (Å²) in [6, 6.07) is 5.72. The molecule has 0 aromatic carbocycles. The fourth-order valence-electron chi connectivity index (χ4n) is 2.42. The first-order chi connectivity index (χ1) is 9.72. The van der Waals surface area contributed by atoms with Crippen molar-refractivity contribution in [2.45, 2.75) is 32.1 Å². The summed E-state index contributed by atoms with van der Waals surface area (Å²) in [5.41, 5.74) is 2.09. The molecule has 0 saturated heterocycles. The third kappa shape index (κ3) is 3.10. The molecule has 0 spiro atoms. The van der Waals surface area contributed by atoms with Gasteiger partial charge in [-0.25, -0.2) is 4.98 Å². The fraction of sp³-hybridized carbons (Fsp3) is 0.333. The van der Waals surface area contributed by atoms with Crippen molar-refractivity contribution in [2.24, 2.45) is 0 Å². The average Bonchev–Trinajstić information content (AvgIpc) is 2.73. The van der Waals surface area contributed by atoms with Crippen molar-refractivity contribution in [3.05, 3.63) is 44.3 Å². The summed E-state index contributed by atoms with van der Waals surface area (Å²) >= 11 is 4.92. The average molecular weight is 351 g/mol. The molecule has 0 bridgehead atoms. The molecule has 1 N–H and O–H groups in total. The van der Waals surface area contributed by atoms with Gasteiger partial charge < -0.3 is 5.32 Å². The molecular formula is C15H15BrN2OS. The smallest absolute Gasteiger partial charge is 0.265 e. The van der Waals surface area contributed by atoms with Gasteiger partial charge in [0, 0.05) is 4.88 Å². The van der Waals surface area contributed by atoms with Gasteiger partial charge in [-0.3, -0.25) is 4.79 Å². The molecule has 2 heterocycles. The number of thiophene rings is 1. The third-order valence-corrected chi connectivity index (χ3v) is 5.16. The second-order valence-corrected chi connectivity index (χ2v) is 6.89. The predicted octanol–water partition coefficient (Wildman–Crippen LogP) is 4.43. The maximum Gasteiger partial charge on any atom is 0.265 e. The van der Waals surface area contributed by atoms with E-state index in [-0.39, 0.29) is 5.91 Å². The van der Waals surface area contributed by atoms with Gasteiger partial charge in [-0.05, 0) is 65.4 Å². The minimum atomic E-state index is -0.0350. The Morgan fingerprint density at radius 2 is 2.10 bits per heavy atom. The maximum atomic E-state index is 12.3. The zero-order valence-corrected chi connectivity index (χ0v) is 13.4. The largest absolute Gasteiger partial charge is 0.320 e. The Balaban J connectivity index is 1.75. The Morgan fingerprint density at radius 1 is 1.25 bits per heavy atom. The summed E-state index contributed by atoms with van der Waals surface area (Å²) in [7, 11) is 0. The number of carbonyl (C=O) groups excluding carboxylic acids is 1. The molecule has 0 atom stereocenters. The van der Waals surface area contributed by atoms with Crippen molar-refractivity contribution in [1.29, 1.82) is 0 Å². The standard InChI is InChI=1S/C15H15BrN2OS/c16-14-7-6-11(9-17-14)18-15(19)13-8-10-4-2-1-3-5-12(10)20-13/h6-9H,1-5H2,(H,18,19). The van der Waals surface area contributed by atoms with Gasteiger partial charge in [-0.15, -0.1) is 11.3 Å². The first-order valence-electron chi connectivity index (χ1n) is 6.77. The van der Waals surface area contributed by atoms with Gasteiger partial charge in [-0.1, -0.05) is 6.42 Å². The van der Waals surface area contributed by atoms with Crippen molar-refractivity contribution in [3.63, 3.8) is 0 Å². The lowest BCUT2D eigenvalue weighted by molar-refractivity contribution is 0.103. The summed E-state index contributed by atoms with van der Waals surface area (Å²) < 4.78 is 0.762. The van der Waals surface area contributed by atoms with Crippen LogP contribution in [0, 0.1) is 0 Å². The molecule has 0 aliphatic heterocycles. The molecule has 0 unspecified atom stereocenters. The van der Waals surface area contributed by atoms with Gasteiger partial charge in [0.1, 0.15) is 4.60 Å². The molecule has 5 heteroatoms. The van der Waals surface area contributed by atoms with Crippen molar-refractivity contribution >= 4 is 38.9 Å². The van der Waals surface area contributed by atoms with Gasteiger partial charge >= 0.3 is 0 Å². The molecular weight excluding hydrogens is 336 g/mol. The predicted molar refractivity (Wildman–Crippen MR) is 85.5 cm³/mol. The van der Waals surface area contributed by atoms with Crippen molar-refractivity contribution in [2.75, 3.05) is 5.32 Å². The minimum absolute atomic E-state index is 0.0350. The van der Waals surface area contributed by atoms with Gasteiger partial charge in [-0.2, -0.15) is 0 Å². The molecule has 3 rings (SSSR count). The number of anilines is 1. The highest BCUT2D eigenvalue weighted by Crippen LogP contribution is 2.29. The summed E-state index contributed by atoms with van der Waals surface area (Å²) in [6.45, 7) is 0. The SMILES string of the molecule is O=C(Nc1ccc(Br)nc1)c1cc2c(s1)CCCCC2. The van der Waals surface area contributed by atoms with Crippen LogP contribution in [0.15, 0.2) is 29.0 Å². The number of nitrogens with zero attached hydrogens (tertiary/aromatic N) is 1. The number of amides is 1. The van der Waals surface area contributed by atoms with Crippen molar-refractivity contribution in [1.82, 2.24) is 4.98 Å². The highest BCUT2D eigenvalue weighted by Gasteiger charge is 2.16. The number of pyridine rings is 1. The summed E-state index contributed by atoms with van der Waals surface area (Å²) in [5, 5.41) is 2.90. The normalized spacial score (nSPS) is 14.4. The monoisotopic (exact) mass is 350 g/mol. The summed E-state index contributed by atoms with van der Waals surface area (Å²) in [6.07, 6.45) is 7.66. The molecule has 2 aromatic rings. The van der Waals surface area contributed by atoms with E-state index in [1.165, 1.54) is 29.7 Å². The van der Waals surface area contributed by atoms with Crippen LogP contribution in [0.25, 0.3) is 0 Å². The van der Waals surface area contributed by atoms with E-state index in [4.69, 9.17) is 0 Å². The number of aromatic nitrogens is 1. The fourth-order valence-corrected chi connectivity index (χ4v) is 3.81. The first-order valence-corrected chi connectivity index (χ1v) is 8.38. The molecule has 0 saturated carbocycles. The van der Waals surface area contributed by atoms with Crippen LogP contribution >= 0.6 is 27.3 Å². The van der Waals surface area contributed by atoms with Crippen LogP contribution in [-0.4, -0.2) is 10.9 Å². The van der Waals surface area contributed by atoms with Crippen LogP contribution in [-0.2, 0) is 12.8 Å². The van der Waals surface area contributed by atoms with E-state index in [0.29, 0.717) is 0 Å². The maximum absolute atomic E-state index is 12.3. The Morgan fingerprint density at radius 3 is 2.90 bits per heavy atom. The molecule has 1 amide bonds. The van der Waals surface area contributed by atoms with E-state index in [1.807, 2.05) is 12.1 Å². The highest BCUT2D eigenvalue weighted by molar-refractivity contribution is 9.10. The Hall–Kier alpha value is -1.20. The number of hydrogen-bond donors (Lipinski definition) is 1. The number of rotatable bonds is 2. The minimum Gasteiger partial charge on any atom is -0.320 e. The number of halogens is 1. The topological polar surface area (TPSA) is 42.0 Å². The Kier molecular flexibility index (Phi) is 4.17. The zero-order chi connectivity index (χ0) is 13.9. The van der Waals surface area contributed by atoms with Crippen LogP contribution in [0.3, 0.4) is 0 Å². The van der Waals surface area contributed by atoms with E-state index in [2.05, 4.69) is 32.3 Å². The van der Waals surface area contributed by atoms with Crippen LogP contribution in [0.2, 0.25) is 0 Å².